The van der Waals surface area contributed by atoms with E-state index in [1.165, 1.54) is 0 Å². The molecular weight excluding hydrogens is 218 g/mol. The summed E-state index contributed by atoms with van der Waals surface area (Å²) in [6.07, 6.45) is 2.08. The Morgan fingerprint density at radius 2 is 2.12 bits per heavy atom. The lowest BCUT2D eigenvalue weighted by molar-refractivity contribution is 0.311. The van der Waals surface area contributed by atoms with E-state index in [9.17, 15) is 0 Å². The van der Waals surface area contributed by atoms with Crippen LogP contribution in [0, 0.1) is 0 Å². The first-order valence-corrected chi connectivity index (χ1v) is 5.86. The largest absolute Gasteiger partial charge is 0.496 e. The second-order valence-electron chi connectivity index (χ2n) is 4.07. The lowest BCUT2D eigenvalue weighted by Gasteiger charge is -2.19. The van der Waals surface area contributed by atoms with Crippen LogP contribution in [0.2, 0.25) is 0 Å². The molecule has 0 radical (unpaired) electrons. The summed E-state index contributed by atoms with van der Waals surface area (Å²) in [4.78, 5) is 0. The molecule has 0 saturated carbocycles. The predicted octanol–water partition coefficient (Wildman–Crippen LogP) is 2.14. The minimum atomic E-state index is 0.272. The molecule has 17 heavy (non-hydrogen) atoms. The van der Waals surface area contributed by atoms with E-state index in [1.807, 2.05) is 19.2 Å². The van der Waals surface area contributed by atoms with Gasteiger partial charge in [-0.05, 0) is 19.9 Å². The van der Waals surface area contributed by atoms with Crippen molar-refractivity contribution in [3.05, 3.63) is 17.7 Å². The predicted molar refractivity (Wildman–Crippen MR) is 66.1 cm³/mol. The van der Waals surface area contributed by atoms with Gasteiger partial charge in [0.25, 0.3) is 0 Å². The van der Waals surface area contributed by atoms with Crippen LogP contribution in [0.3, 0.4) is 0 Å². The maximum absolute atomic E-state index is 5.77. The first-order chi connectivity index (χ1) is 8.30. The van der Waals surface area contributed by atoms with E-state index >= 15 is 0 Å². The van der Waals surface area contributed by atoms with Crippen molar-refractivity contribution >= 4 is 0 Å². The molecule has 0 amide bonds. The summed E-state index contributed by atoms with van der Waals surface area (Å²) >= 11 is 0. The zero-order valence-corrected chi connectivity index (χ0v) is 10.6. The molecule has 0 saturated heterocycles. The lowest BCUT2D eigenvalue weighted by Crippen LogP contribution is -2.16. The SMILES string of the molecule is CNC1CCCOc2cc(OC)cc(OC)c21. The van der Waals surface area contributed by atoms with Gasteiger partial charge in [0.05, 0.1) is 26.4 Å². The normalized spacial score (nSPS) is 18.9. The number of methoxy groups -OCH3 is 2. The molecule has 0 bridgehead atoms. The molecule has 4 nitrogen and oxygen atoms in total. The zero-order chi connectivity index (χ0) is 12.3. The average Bonchev–Trinajstić information content (AvgIpc) is 2.59. The van der Waals surface area contributed by atoms with Gasteiger partial charge < -0.3 is 19.5 Å². The molecule has 4 heteroatoms. The smallest absolute Gasteiger partial charge is 0.131 e. The number of ether oxygens (including phenoxy) is 3. The Labute approximate surface area is 102 Å². The second-order valence-corrected chi connectivity index (χ2v) is 4.07. The molecule has 2 rings (SSSR count). The number of benzene rings is 1. The van der Waals surface area contributed by atoms with Crippen LogP contribution in [0.5, 0.6) is 17.2 Å². The lowest BCUT2D eigenvalue weighted by atomic mass is 10.0. The van der Waals surface area contributed by atoms with E-state index in [1.54, 1.807) is 14.2 Å². The Kier molecular flexibility index (Phi) is 3.74. The molecule has 0 spiro atoms. The van der Waals surface area contributed by atoms with Gasteiger partial charge in [-0.15, -0.1) is 0 Å². The van der Waals surface area contributed by atoms with Crippen molar-refractivity contribution in [2.24, 2.45) is 0 Å². The van der Waals surface area contributed by atoms with Gasteiger partial charge in [-0.3, -0.25) is 0 Å². The average molecular weight is 237 g/mol. The van der Waals surface area contributed by atoms with Gasteiger partial charge in [0, 0.05) is 18.2 Å². The third kappa shape index (κ3) is 2.31. The fraction of sp³-hybridized carbons (Fsp3) is 0.538. The summed E-state index contributed by atoms with van der Waals surface area (Å²) in [7, 11) is 5.28. The number of fused-ring (bicyclic) bond motifs is 1. The molecule has 1 aliphatic rings. The Balaban J connectivity index is 2.51. The Hall–Kier alpha value is -1.42. The van der Waals surface area contributed by atoms with Gasteiger partial charge in [-0.1, -0.05) is 0 Å². The topological polar surface area (TPSA) is 39.7 Å². The van der Waals surface area contributed by atoms with Crippen LogP contribution in [0.4, 0.5) is 0 Å². The number of nitrogens with one attached hydrogen (secondary N) is 1. The van der Waals surface area contributed by atoms with Crippen LogP contribution in [0.25, 0.3) is 0 Å². The monoisotopic (exact) mass is 237 g/mol. The van der Waals surface area contributed by atoms with Crippen LogP contribution in [0.1, 0.15) is 24.4 Å². The molecule has 0 aliphatic carbocycles. The van der Waals surface area contributed by atoms with Gasteiger partial charge >= 0.3 is 0 Å². The fourth-order valence-corrected chi connectivity index (χ4v) is 2.23. The summed E-state index contributed by atoms with van der Waals surface area (Å²) < 4.78 is 16.5. The first-order valence-electron chi connectivity index (χ1n) is 5.86. The Morgan fingerprint density at radius 3 is 2.76 bits per heavy atom. The van der Waals surface area contributed by atoms with Gasteiger partial charge in [0.1, 0.15) is 17.2 Å². The molecule has 1 unspecified atom stereocenters. The fourth-order valence-electron chi connectivity index (χ4n) is 2.23. The highest BCUT2D eigenvalue weighted by molar-refractivity contribution is 5.52. The molecule has 0 fully saturated rings. The van der Waals surface area contributed by atoms with Gasteiger partial charge in [0.15, 0.2) is 0 Å². The quantitative estimate of drug-likeness (QED) is 0.874. The van der Waals surface area contributed by atoms with E-state index in [2.05, 4.69) is 5.32 Å². The maximum Gasteiger partial charge on any atom is 0.131 e. The van der Waals surface area contributed by atoms with E-state index < -0.39 is 0 Å². The van der Waals surface area contributed by atoms with Crippen molar-refractivity contribution < 1.29 is 14.2 Å². The molecule has 1 N–H and O–H groups in total. The molecule has 1 heterocycles. The van der Waals surface area contributed by atoms with Crippen LogP contribution >= 0.6 is 0 Å². The van der Waals surface area contributed by atoms with Gasteiger partial charge in [-0.25, -0.2) is 0 Å². The molecule has 1 aliphatic heterocycles. The maximum atomic E-state index is 5.77. The van der Waals surface area contributed by atoms with E-state index in [-0.39, 0.29) is 6.04 Å². The van der Waals surface area contributed by atoms with E-state index in [0.717, 1.165) is 42.3 Å². The van der Waals surface area contributed by atoms with Gasteiger partial charge in [0.2, 0.25) is 0 Å². The van der Waals surface area contributed by atoms with Crippen molar-refractivity contribution in [3.63, 3.8) is 0 Å². The molecule has 94 valence electrons. The molecular formula is C13H19NO3. The number of hydrogen-bond donors (Lipinski definition) is 1. The summed E-state index contributed by atoms with van der Waals surface area (Å²) in [5.41, 5.74) is 1.09. The second kappa shape index (κ2) is 5.27. The van der Waals surface area contributed by atoms with Crippen LogP contribution in [-0.2, 0) is 0 Å². The highest BCUT2D eigenvalue weighted by Gasteiger charge is 2.23. The van der Waals surface area contributed by atoms with E-state index in [0.29, 0.717) is 0 Å². The number of rotatable bonds is 3. The van der Waals surface area contributed by atoms with Crippen LogP contribution < -0.4 is 19.5 Å². The van der Waals surface area contributed by atoms with Crippen molar-refractivity contribution in [2.45, 2.75) is 18.9 Å². The Morgan fingerprint density at radius 1 is 1.29 bits per heavy atom. The minimum Gasteiger partial charge on any atom is -0.496 e. The first kappa shape index (κ1) is 12.0. The highest BCUT2D eigenvalue weighted by Crippen LogP contribution is 2.41. The molecule has 1 atom stereocenters. The summed E-state index contributed by atoms with van der Waals surface area (Å²) in [6.45, 7) is 0.738. The highest BCUT2D eigenvalue weighted by atomic mass is 16.5. The minimum absolute atomic E-state index is 0.272. The molecule has 1 aromatic carbocycles. The van der Waals surface area contributed by atoms with Crippen molar-refractivity contribution in [1.29, 1.82) is 0 Å². The molecule has 0 aromatic heterocycles. The number of hydrogen-bond acceptors (Lipinski definition) is 4. The summed E-state index contributed by atoms with van der Waals surface area (Å²) in [5, 5.41) is 3.31. The van der Waals surface area contributed by atoms with Crippen LogP contribution in [0.15, 0.2) is 12.1 Å². The van der Waals surface area contributed by atoms with Crippen LogP contribution in [-0.4, -0.2) is 27.9 Å². The zero-order valence-electron chi connectivity index (χ0n) is 10.6. The standard InChI is InChI=1S/C13H19NO3/c1-14-10-5-4-6-17-12-8-9(15-2)7-11(16-3)13(10)12/h7-8,10,14H,4-6H2,1-3H3. The third-order valence-electron chi connectivity index (χ3n) is 3.12. The van der Waals surface area contributed by atoms with Crippen molar-refractivity contribution in [2.75, 3.05) is 27.9 Å². The summed E-state index contributed by atoms with van der Waals surface area (Å²) in [6, 6.07) is 4.10. The van der Waals surface area contributed by atoms with E-state index in [4.69, 9.17) is 14.2 Å². The third-order valence-corrected chi connectivity index (χ3v) is 3.12. The van der Waals surface area contributed by atoms with Crippen molar-refractivity contribution in [3.8, 4) is 17.2 Å². The Bertz CT molecular complexity index is 392. The molecule has 1 aromatic rings. The summed E-state index contributed by atoms with van der Waals surface area (Å²) in [5.74, 6) is 2.44. The van der Waals surface area contributed by atoms with Crippen molar-refractivity contribution in [1.82, 2.24) is 5.32 Å². The van der Waals surface area contributed by atoms with Gasteiger partial charge in [-0.2, -0.15) is 0 Å².